The summed E-state index contributed by atoms with van der Waals surface area (Å²) in [5, 5.41) is 0. The first-order valence-electron chi connectivity index (χ1n) is 8.26. The van der Waals surface area contributed by atoms with E-state index in [1.54, 1.807) is 4.68 Å². The number of nitrogens with zero attached hydrogens (tertiary/aromatic N) is 1. The van der Waals surface area contributed by atoms with Crippen molar-refractivity contribution in [2.45, 2.75) is 45.8 Å². The normalized spacial score (nSPS) is 32.7. The van der Waals surface area contributed by atoms with E-state index in [9.17, 15) is 9.59 Å². The van der Waals surface area contributed by atoms with Gasteiger partial charge in [0.15, 0.2) is 5.60 Å². The Bertz CT molecular complexity index is 813. The second-order valence-corrected chi connectivity index (χ2v) is 7.74. The SMILES string of the molecule is CC1(C)[C@@]2(C)CC[C@]1(C(=O)N[N+]1=C(N)c3ccccc3C1)OC2=O. The number of fused-ring (bicyclic) bond motifs is 3. The highest BCUT2D eigenvalue weighted by molar-refractivity contribution is 5.98. The molecule has 126 valence electrons. The standard InChI is InChI=1S/C18H21N3O3/c1-16(2)17(3)8-9-18(16,24-15(17)23)14(22)20-21-10-11-6-4-5-7-12(11)13(21)19/h4-7,19H,8-10H2,1-3H3,(H,20,22)/p+1/t17-,18+/m0/s1. The predicted octanol–water partition coefficient (Wildman–Crippen LogP) is 1.07. The fraction of sp³-hybridized carbons (Fsp3) is 0.500. The van der Waals surface area contributed by atoms with Gasteiger partial charge in [0.2, 0.25) is 0 Å². The summed E-state index contributed by atoms with van der Waals surface area (Å²) in [4.78, 5) is 25.4. The number of amidine groups is 1. The molecule has 3 aliphatic rings. The average molecular weight is 328 g/mol. The molecule has 2 fully saturated rings. The van der Waals surface area contributed by atoms with Crippen LogP contribution in [0.15, 0.2) is 24.3 Å². The fourth-order valence-electron chi connectivity index (χ4n) is 4.37. The van der Waals surface area contributed by atoms with Gasteiger partial charge in [-0.3, -0.25) is 15.3 Å². The summed E-state index contributed by atoms with van der Waals surface area (Å²) in [5.41, 5.74) is 8.73. The zero-order valence-electron chi connectivity index (χ0n) is 14.2. The van der Waals surface area contributed by atoms with Gasteiger partial charge in [-0.05, 0) is 25.8 Å². The summed E-state index contributed by atoms with van der Waals surface area (Å²) >= 11 is 0. The van der Waals surface area contributed by atoms with Crippen molar-refractivity contribution in [1.82, 2.24) is 5.43 Å². The lowest BCUT2D eigenvalue weighted by Gasteiger charge is -2.34. The molecule has 4 rings (SSSR count). The molecule has 0 spiro atoms. The first-order chi connectivity index (χ1) is 11.2. The second kappa shape index (κ2) is 4.37. The summed E-state index contributed by atoms with van der Waals surface area (Å²) < 4.78 is 7.26. The summed E-state index contributed by atoms with van der Waals surface area (Å²) in [6.45, 7) is 6.28. The van der Waals surface area contributed by atoms with Crippen molar-refractivity contribution in [3.05, 3.63) is 35.4 Å². The van der Waals surface area contributed by atoms with Crippen LogP contribution in [0.2, 0.25) is 0 Å². The predicted molar refractivity (Wildman–Crippen MR) is 86.8 cm³/mol. The molecule has 2 atom stereocenters. The van der Waals surface area contributed by atoms with Crippen LogP contribution in [0.4, 0.5) is 0 Å². The van der Waals surface area contributed by atoms with Gasteiger partial charge in [0.1, 0.15) is 6.54 Å². The molecule has 0 radical (unpaired) electrons. The van der Waals surface area contributed by atoms with Crippen molar-refractivity contribution in [1.29, 1.82) is 0 Å². The van der Waals surface area contributed by atoms with E-state index in [4.69, 9.17) is 10.5 Å². The highest BCUT2D eigenvalue weighted by atomic mass is 16.6. The largest absolute Gasteiger partial charge is 0.448 e. The summed E-state index contributed by atoms with van der Waals surface area (Å²) in [5.74, 6) is -0.0633. The number of hydrazine groups is 1. The van der Waals surface area contributed by atoms with Gasteiger partial charge >= 0.3 is 5.97 Å². The van der Waals surface area contributed by atoms with Gasteiger partial charge in [0.25, 0.3) is 11.7 Å². The number of hydrazone groups is 1. The molecule has 0 aromatic heterocycles. The molecule has 0 unspecified atom stereocenters. The van der Waals surface area contributed by atoms with Crippen molar-refractivity contribution in [2.75, 3.05) is 0 Å². The summed E-state index contributed by atoms with van der Waals surface area (Å²) in [6, 6.07) is 7.78. The minimum absolute atomic E-state index is 0.282. The van der Waals surface area contributed by atoms with Gasteiger partial charge in [-0.25, -0.2) is 0 Å². The number of esters is 1. The van der Waals surface area contributed by atoms with Gasteiger partial charge < -0.3 is 4.74 Å². The molecule has 2 bridgehead atoms. The Kier molecular flexibility index (Phi) is 2.77. The lowest BCUT2D eigenvalue weighted by molar-refractivity contribution is -0.587. The molecule has 6 nitrogen and oxygen atoms in total. The second-order valence-electron chi connectivity index (χ2n) is 7.74. The Morgan fingerprint density at radius 2 is 1.96 bits per heavy atom. The third kappa shape index (κ3) is 1.53. The van der Waals surface area contributed by atoms with E-state index in [2.05, 4.69) is 5.43 Å². The highest BCUT2D eigenvalue weighted by Crippen LogP contribution is 2.65. The van der Waals surface area contributed by atoms with Crippen molar-refractivity contribution in [3.8, 4) is 0 Å². The third-order valence-corrected chi connectivity index (χ3v) is 6.60. The monoisotopic (exact) mass is 328 g/mol. The van der Waals surface area contributed by atoms with E-state index in [1.165, 1.54) is 0 Å². The molecule has 24 heavy (non-hydrogen) atoms. The molecule has 1 aromatic carbocycles. The number of ether oxygens (including phenoxy) is 1. The number of hydrogen-bond donors (Lipinski definition) is 2. The molecule has 1 aliphatic carbocycles. The number of rotatable bonds is 2. The van der Waals surface area contributed by atoms with E-state index in [0.29, 0.717) is 25.2 Å². The van der Waals surface area contributed by atoms with Crippen LogP contribution in [-0.2, 0) is 20.9 Å². The Morgan fingerprint density at radius 3 is 2.54 bits per heavy atom. The zero-order chi connectivity index (χ0) is 17.3. The maximum atomic E-state index is 13.1. The highest BCUT2D eigenvalue weighted by Gasteiger charge is 2.76. The number of carbonyl (C=O) groups excluding carboxylic acids is 2. The van der Waals surface area contributed by atoms with E-state index in [0.717, 1.165) is 11.1 Å². The van der Waals surface area contributed by atoms with Crippen LogP contribution >= 0.6 is 0 Å². The van der Waals surface area contributed by atoms with Gasteiger partial charge in [-0.2, -0.15) is 10.1 Å². The van der Waals surface area contributed by atoms with Gasteiger partial charge in [-0.1, -0.05) is 32.0 Å². The van der Waals surface area contributed by atoms with E-state index >= 15 is 0 Å². The minimum atomic E-state index is -1.13. The molecular formula is C18H22N3O3+. The Labute approximate surface area is 140 Å². The zero-order valence-corrected chi connectivity index (χ0v) is 14.2. The van der Waals surface area contributed by atoms with Crippen molar-refractivity contribution >= 4 is 17.7 Å². The molecule has 2 heterocycles. The van der Waals surface area contributed by atoms with Gasteiger partial charge in [0.05, 0.1) is 11.0 Å². The lowest BCUT2D eigenvalue weighted by atomic mass is 9.66. The quantitative estimate of drug-likeness (QED) is 0.628. The van der Waals surface area contributed by atoms with E-state index in [1.807, 2.05) is 45.0 Å². The van der Waals surface area contributed by atoms with Crippen LogP contribution in [-0.4, -0.2) is 28.0 Å². The Hall–Kier alpha value is -2.37. The van der Waals surface area contributed by atoms with Crippen LogP contribution in [0.3, 0.4) is 0 Å². The maximum Gasteiger partial charge on any atom is 0.313 e. The molecular weight excluding hydrogens is 306 g/mol. The molecule has 1 aromatic rings. The lowest BCUT2D eigenvalue weighted by Crippen LogP contribution is -2.56. The fourth-order valence-corrected chi connectivity index (χ4v) is 4.37. The third-order valence-electron chi connectivity index (χ3n) is 6.60. The van der Waals surface area contributed by atoms with E-state index in [-0.39, 0.29) is 11.9 Å². The van der Waals surface area contributed by atoms with Gasteiger partial charge in [0, 0.05) is 11.0 Å². The molecule has 1 saturated heterocycles. The van der Waals surface area contributed by atoms with E-state index < -0.39 is 16.4 Å². The van der Waals surface area contributed by atoms with Crippen molar-refractivity contribution in [2.24, 2.45) is 16.6 Å². The van der Waals surface area contributed by atoms with Crippen LogP contribution < -0.4 is 11.2 Å². The number of hydrogen-bond acceptors (Lipinski definition) is 4. The van der Waals surface area contributed by atoms with Crippen molar-refractivity contribution < 1.29 is 19.0 Å². The number of nitrogens with two attached hydrogens (primary N) is 1. The van der Waals surface area contributed by atoms with Crippen molar-refractivity contribution in [3.63, 3.8) is 0 Å². The Balaban J connectivity index is 1.65. The molecule has 2 aliphatic heterocycles. The topological polar surface area (TPSA) is 84.4 Å². The maximum absolute atomic E-state index is 13.1. The van der Waals surface area contributed by atoms with Crippen LogP contribution in [0.1, 0.15) is 44.7 Å². The van der Waals surface area contributed by atoms with Crippen LogP contribution in [0.25, 0.3) is 0 Å². The smallest absolute Gasteiger partial charge is 0.313 e. The van der Waals surface area contributed by atoms with Crippen LogP contribution in [0, 0.1) is 10.8 Å². The minimum Gasteiger partial charge on any atom is -0.448 e. The first kappa shape index (κ1) is 15.2. The molecule has 3 N–H and O–H groups in total. The van der Waals surface area contributed by atoms with Gasteiger partial charge in [-0.15, -0.1) is 0 Å². The molecule has 1 amide bonds. The summed E-state index contributed by atoms with van der Waals surface area (Å²) in [7, 11) is 0. The number of amides is 1. The number of benzene rings is 1. The first-order valence-corrected chi connectivity index (χ1v) is 8.26. The number of carbonyl (C=O) groups is 2. The summed E-state index contributed by atoms with van der Waals surface area (Å²) in [6.07, 6.45) is 1.19. The molecule has 1 saturated carbocycles. The Morgan fingerprint density at radius 1 is 1.25 bits per heavy atom. The van der Waals surface area contributed by atoms with Crippen LogP contribution in [0.5, 0.6) is 0 Å². The average Bonchev–Trinajstić information content (AvgIpc) is 3.01. The number of nitrogens with one attached hydrogen (secondary N) is 1. The molecule has 6 heteroatoms.